The molecular formula is C24H27N5O2. The van der Waals surface area contributed by atoms with Crippen LogP contribution >= 0.6 is 0 Å². The molecular weight excluding hydrogens is 390 g/mol. The summed E-state index contributed by atoms with van der Waals surface area (Å²) in [5, 5.41) is 4.33. The lowest BCUT2D eigenvalue weighted by molar-refractivity contribution is -0.0402. The zero-order valence-electron chi connectivity index (χ0n) is 18.4. The highest BCUT2D eigenvalue weighted by Crippen LogP contribution is 2.39. The third kappa shape index (κ3) is 3.74. The van der Waals surface area contributed by atoms with Gasteiger partial charge in [-0.1, -0.05) is 19.9 Å². The van der Waals surface area contributed by atoms with E-state index in [-0.39, 0.29) is 5.60 Å². The van der Waals surface area contributed by atoms with E-state index in [9.17, 15) is 0 Å². The van der Waals surface area contributed by atoms with Crippen LogP contribution in [0.2, 0.25) is 0 Å². The second kappa shape index (κ2) is 7.57. The van der Waals surface area contributed by atoms with Crippen molar-refractivity contribution in [1.29, 1.82) is 0 Å². The van der Waals surface area contributed by atoms with Gasteiger partial charge >= 0.3 is 0 Å². The Balaban J connectivity index is 1.65. The van der Waals surface area contributed by atoms with Crippen molar-refractivity contribution in [2.24, 2.45) is 5.92 Å². The maximum atomic E-state index is 6.27. The fourth-order valence-electron chi connectivity index (χ4n) is 4.23. The molecule has 0 spiro atoms. The Morgan fingerprint density at radius 3 is 2.77 bits per heavy atom. The van der Waals surface area contributed by atoms with Crippen molar-refractivity contribution < 1.29 is 9.15 Å². The zero-order chi connectivity index (χ0) is 21.6. The number of pyridine rings is 2. The van der Waals surface area contributed by atoms with Crippen LogP contribution in [0.3, 0.4) is 0 Å². The molecule has 0 fully saturated rings. The molecule has 31 heavy (non-hydrogen) atoms. The van der Waals surface area contributed by atoms with E-state index < -0.39 is 0 Å². The number of nitrogens with one attached hydrogen (secondary N) is 1. The van der Waals surface area contributed by atoms with Crippen molar-refractivity contribution >= 4 is 28.0 Å². The molecule has 0 bridgehead atoms. The molecule has 7 heteroatoms. The van der Waals surface area contributed by atoms with Crippen LogP contribution in [0.15, 0.2) is 35.1 Å². The first-order valence-corrected chi connectivity index (χ1v) is 10.8. The monoisotopic (exact) mass is 417 g/mol. The molecule has 1 aliphatic rings. The topological polar surface area (TPSA) is 86.0 Å². The summed E-state index contributed by atoms with van der Waals surface area (Å²) in [6, 6.07) is 5.85. The fraction of sp³-hybridized carbons (Fsp3) is 0.417. The molecule has 5 rings (SSSR count). The summed E-state index contributed by atoms with van der Waals surface area (Å²) in [6.07, 6.45) is 5.04. The van der Waals surface area contributed by atoms with E-state index in [4.69, 9.17) is 14.1 Å². The third-order valence-electron chi connectivity index (χ3n) is 5.68. The number of rotatable bonds is 5. The van der Waals surface area contributed by atoms with Crippen LogP contribution in [0, 0.1) is 5.92 Å². The van der Waals surface area contributed by atoms with E-state index in [0.29, 0.717) is 36.2 Å². The van der Waals surface area contributed by atoms with Gasteiger partial charge in [0.1, 0.15) is 11.8 Å². The van der Waals surface area contributed by atoms with Crippen LogP contribution in [0.25, 0.3) is 22.2 Å². The quantitative estimate of drug-likeness (QED) is 0.498. The minimum absolute atomic E-state index is 0.243. The molecule has 1 aliphatic heterocycles. The highest BCUT2D eigenvalue weighted by molar-refractivity contribution is 6.06. The number of ether oxygens (including phenoxy) is 1. The van der Waals surface area contributed by atoms with Gasteiger partial charge in [0, 0.05) is 18.2 Å². The van der Waals surface area contributed by atoms with Gasteiger partial charge in [-0.15, -0.1) is 0 Å². The summed E-state index contributed by atoms with van der Waals surface area (Å²) in [6.45, 7) is 9.78. The van der Waals surface area contributed by atoms with Gasteiger partial charge in [-0.3, -0.25) is 4.98 Å². The number of nitrogens with zero attached hydrogens (tertiary/aromatic N) is 4. The maximum absolute atomic E-state index is 6.27. The lowest BCUT2D eigenvalue weighted by Gasteiger charge is -2.33. The largest absolute Gasteiger partial charge is 0.432 e. The van der Waals surface area contributed by atoms with E-state index in [2.05, 4.69) is 48.0 Å². The third-order valence-corrected chi connectivity index (χ3v) is 5.68. The van der Waals surface area contributed by atoms with Gasteiger partial charge in [0.15, 0.2) is 11.4 Å². The minimum atomic E-state index is -0.243. The molecule has 4 aromatic rings. The zero-order valence-corrected chi connectivity index (χ0v) is 18.4. The smallest absolute Gasteiger partial charge is 0.229 e. The van der Waals surface area contributed by atoms with Gasteiger partial charge in [0.05, 0.1) is 35.5 Å². The lowest BCUT2D eigenvalue weighted by Crippen LogP contribution is -2.33. The van der Waals surface area contributed by atoms with Gasteiger partial charge in [-0.2, -0.15) is 0 Å². The van der Waals surface area contributed by atoms with Crippen molar-refractivity contribution in [3.63, 3.8) is 0 Å². The first-order chi connectivity index (χ1) is 14.9. The Bertz CT molecular complexity index is 1250. The maximum Gasteiger partial charge on any atom is 0.229 e. The molecule has 0 aliphatic carbocycles. The van der Waals surface area contributed by atoms with Crippen molar-refractivity contribution in [2.75, 3.05) is 5.32 Å². The molecule has 0 radical (unpaired) electrons. The number of hydrogen-bond donors (Lipinski definition) is 1. The molecule has 0 amide bonds. The molecule has 160 valence electrons. The summed E-state index contributed by atoms with van der Waals surface area (Å²) in [4.78, 5) is 18.3. The van der Waals surface area contributed by atoms with Crippen molar-refractivity contribution in [1.82, 2.24) is 19.9 Å². The Hall–Kier alpha value is -3.06. The first kappa shape index (κ1) is 19.9. The fourth-order valence-corrected chi connectivity index (χ4v) is 4.23. The van der Waals surface area contributed by atoms with Gasteiger partial charge in [-0.25, -0.2) is 15.0 Å². The second-order valence-corrected chi connectivity index (χ2v) is 9.20. The molecule has 0 aromatic carbocycles. The number of fused-ring (bicyclic) bond motifs is 5. The van der Waals surface area contributed by atoms with Crippen LogP contribution in [0.4, 0.5) is 5.82 Å². The summed E-state index contributed by atoms with van der Waals surface area (Å²) in [5.41, 5.74) is 6.23. The first-order valence-electron chi connectivity index (χ1n) is 10.8. The van der Waals surface area contributed by atoms with Crippen molar-refractivity contribution in [2.45, 2.75) is 59.3 Å². The molecule has 5 heterocycles. The van der Waals surface area contributed by atoms with Crippen LogP contribution in [0.1, 0.15) is 50.2 Å². The Labute approximate surface area is 181 Å². The summed E-state index contributed by atoms with van der Waals surface area (Å²) >= 11 is 0. The Morgan fingerprint density at radius 2 is 2.00 bits per heavy atom. The molecule has 7 nitrogen and oxygen atoms in total. The highest BCUT2D eigenvalue weighted by atomic mass is 16.5. The van der Waals surface area contributed by atoms with Gasteiger partial charge in [0.25, 0.3) is 0 Å². The predicted octanol–water partition coefficient (Wildman–Crippen LogP) is 4.83. The van der Waals surface area contributed by atoms with Gasteiger partial charge in [-0.05, 0) is 43.9 Å². The van der Waals surface area contributed by atoms with E-state index in [0.717, 1.165) is 35.1 Å². The second-order valence-electron chi connectivity index (χ2n) is 9.20. The van der Waals surface area contributed by atoms with Crippen molar-refractivity contribution in [3.05, 3.63) is 53.2 Å². The van der Waals surface area contributed by atoms with E-state index in [1.165, 1.54) is 11.1 Å². The molecule has 0 saturated carbocycles. The van der Waals surface area contributed by atoms with E-state index in [1.54, 1.807) is 12.5 Å². The summed E-state index contributed by atoms with van der Waals surface area (Å²) < 4.78 is 12.4. The normalized spacial score (nSPS) is 15.5. The number of aromatic nitrogens is 4. The standard InChI is InChI=1S/C24H27N5O2/c1-14(2)9-18-17-12-30-24(3,4)10-16(17)19-20-21(31-23(19)29-18)22(28-13-27-20)26-11-15-7-5-6-8-25-15/h5-8,13-14H,9-12H2,1-4H3,(H,26,27,28). The molecule has 1 N–H and O–H groups in total. The molecule has 4 aromatic heterocycles. The summed E-state index contributed by atoms with van der Waals surface area (Å²) in [5.74, 6) is 1.14. The SMILES string of the molecule is CC(C)Cc1nc2oc3c(NCc4ccccn4)ncnc3c2c2c1COC(C)(C)C2. The average molecular weight is 418 g/mol. The van der Waals surface area contributed by atoms with Crippen LogP contribution < -0.4 is 5.32 Å². The van der Waals surface area contributed by atoms with Crippen LogP contribution in [-0.4, -0.2) is 25.5 Å². The van der Waals surface area contributed by atoms with Crippen molar-refractivity contribution in [3.8, 4) is 0 Å². The molecule has 0 saturated heterocycles. The number of anilines is 1. The molecule has 0 unspecified atom stereocenters. The summed E-state index contributed by atoms with van der Waals surface area (Å²) in [7, 11) is 0. The lowest BCUT2D eigenvalue weighted by atomic mass is 9.88. The average Bonchev–Trinajstić information content (AvgIpc) is 3.11. The Kier molecular flexibility index (Phi) is 4.85. The number of furan rings is 1. The van der Waals surface area contributed by atoms with Gasteiger partial charge < -0.3 is 14.5 Å². The van der Waals surface area contributed by atoms with E-state index in [1.807, 2.05) is 18.2 Å². The minimum Gasteiger partial charge on any atom is -0.432 e. The van der Waals surface area contributed by atoms with E-state index >= 15 is 0 Å². The Morgan fingerprint density at radius 1 is 1.13 bits per heavy atom. The van der Waals surface area contributed by atoms with Crippen LogP contribution in [-0.2, 0) is 30.7 Å². The highest BCUT2D eigenvalue weighted by Gasteiger charge is 2.32. The number of hydrogen-bond acceptors (Lipinski definition) is 7. The van der Waals surface area contributed by atoms with Gasteiger partial charge in [0.2, 0.25) is 5.71 Å². The van der Waals surface area contributed by atoms with Crippen LogP contribution in [0.5, 0.6) is 0 Å². The molecule has 0 atom stereocenters. The predicted molar refractivity (Wildman–Crippen MR) is 120 cm³/mol.